The van der Waals surface area contributed by atoms with Gasteiger partial charge in [0.15, 0.2) is 0 Å². The highest BCUT2D eigenvalue weighted by Gasteiger charge is 2.25. The number of rotatable bonds is 5. The minimum atomic E-state index is 0.261. The number of nitrogens with zero attached hydrogens (tertiary/aromatic N) is 6. The van der Waals surface area contributed by atoms with Crippen LogP contribution in [0.1, 0.15) is 26.7 Å². The van der Waals surface area contributed by atoms with Crippen LogP contribution in [0, 0.1) is 5.92 Å². The number of hydrogen-bond donors (Lipinski definition) is 0. The van der Waals surface area contributed by atoms with Crippen molar-refractivity contribution in [2.75, 3.05) is 31.1 Å². The Balaban J connectivity index is 1.58. The molecule has 1 saturated heterocycles. The molecule has 3 heterocycles. The van der Waals surface area contributed by atoms with Crippen LogP contribution in [0.3, 0.4) is 0 Å². The highest BCUT2D eigenvalue weighted by atomic mass is 16.2. The third-order valence-electron chi connectivity index (χ3n) is 5.23. The number of anilines is 1. The molecule has 1 amide bonds. The van der Waals surface area contributed by atoms with E-state index in [4.69, 9.17) is 0 Å². The Morgan fingerprint density at radius 3 is 2.54 bits per heavy atom. The number of benzene rings is 1. The Morgan fingerprint density at radius 2 is 1.82 bits per heavy atom. The molecule has 1 aromatic carbocycles. The fourth-order valence-corrected chi connectivity index (χ4v) is 3.63. The number of aromatic nitrogens is 4. The van der Waals surface area contributed by atoms with Gasteiger partial charge in [0.25, 0.3) is 5.78 Å². The first kappa shape index (κ1) is 18.4. The van der Waals surface area contributed by atoms with Gasteiger partial charge in [-0.2, -0.15) is 14.6 Å². The monoisotopic (exact) mass is 378 g/mol. The lowest BCUT2D eigenvalue weighted by atomic mass is 10.1. The summed E-state index contributed by atoms with van der Waals surface area (Å²) >= 11 is 0. The van der Waals surface area contributed by atoms with Crippen molar-refractivity contribution in [3.63, 3.8) is 0 Å². The van der Waals surface area contributed by atoms with Crippen LogP contribution < -0.4 is 4.90 Å². The van der Waals surface area contributed by atoms with Crippen molar-refractivity contribution in [1.82, 2.24) is 24.5 Å². The fraction of sp³-hybridized carbons (Fsp3) is 0.429. The van der Waals surface area contributed by atoms with Gasteiger partial charge in [0.2, 0.25) is 5.91 Å². The summed E-state index contributed by atoms with van der Waals surface area (Å²) in [6.07, 6.45) is 4.98. The van der Waals surface area contributed by atoms with Crippen LogP contribution in [-0.2, 0) is 4.79 Å². The lowest BCUT2D eigenvalue weighted by Crippen LogP contribution is -2.49. The first-order valence-corrected chi connectivity index (χ1v) is 9.90. The zero-order valence-electron chi connectivity index (χ0n) is 16.5. The smallest absolute Gasteiger partial charge is 0.254 e. The maximum absolute atomic E-state index is 12.5. The summed E-state index contributed by atoms with van der Waals surface area (Å²) < 4.78 is 1.80. The molecule has 0 atom stereocenters. The zero-order chi connectivity index (χ0) is 19.5. The summed E-state index contributed by atoms with van der Waals surface area (Å²) in [5.74, 6) is 2.39. The Labute approximate surface area is 165 Å². The second-order valence-corrected chi connectivity index (χ2v) is 7.63. The molecule has 7 nitrogen and oxygen atoms in total. The molecular weight excluding hydrogens is 352 g/mol. The van der Waals surface area contributed by atoms with E-state index in [9.17, 15) is 4.79 Å². The fourth-order valence-electron chi connectivity index (χ4n) is 3.63. The molecule has 0 aliphatic carbocycles. The van der Waals surface area contributed by atoms with Crippen molar-refractivity contribution in [3.8, 4) is 11.1 Å². The van der Waals surface area contributed by atoms with Crippen LogP contribution in [-0.4, -0.2) is 56.6 Å². The third-order valence-corrected chi connectivity index (χ3v) is 5.23. The van der Waals surface area contributed by atoms with Gasteiger partial charge in [-0.15, -0.1) is 0 Å². The first-order chi connectivity index (χ1) is 13.6. The highest BCUT2D eigenvalue weighted by molar-refractivity contribution is 5.78. The van der Waals surface area contributed by atoms with E-state index in [1.54, 1.807) is 4.52 Å². The molecule has 0 spiro atoms. The molecule has 2 aromatic heterocycles. The summed E-state index contributed by atoms with van der Waals surface area (Å²) in [5.41, 5.74) is 2.12. The summed E-state index contributed by atoms with van der Waals surface area (Å²) in [6.45, 7) is 7.30. The number of piperazine rings is 1. The summed E-state index contributed by atoms with van der Waals surface area (Å²) in [7, 11) is 0. The van der Waals surface area contributed by atoms with E-state index in [1.807, 2.05) is 29.3 Å². The van der Waals surface area contributed by atoms with Gasteiger partial charge in [0.05, 0.1) is 0 Å². The molecule has 0 unspecified atom stereocenters. The van der Waals surface area contributed by atoms with E-state index < -0.39 is 0 Å². The normalized spacial score (nSPS) is 14.8. The lowest BCUT2D eigenvalue weighted by molar-refractivity contribution is -0.131. The maximum Gasteiger partial charge on any atom is 0.254 e. The number of fused-ring (bicyclic) bond motifs is 1. The molecule has 1 aliphatic heterocycles. The molecule has 0 N–H and O–H groups in total. The van der Waals surface area contributed by atoms with Gasteiger partial charge in [0, 0.05) is 44.4 Å². The van der Waals surface area contributed by atoms with Crippen LogP contribution in [0.15, 0.2) is 42.9 Å². The standard InChI is InChI=1S/C21H26N6O/c1-16(2)8-9-19(28)25-10-12-26(13-11-25)20-18(17-6-4-3-5-7-17)14-22-21-23-15-24-27(20)21/h3-7,14-16H,8-13H2,1-2H3. The van der Waals surface area contributed by atoms with E-state index in [0.717, 1.165) is 49.5 Å². The average molecular weight is 378 g/mol. The number of amides is 1. The Bertz CT molecular complexity index is 944. The van der Waals surface area contributed by atoms with E-state index in [1.165, 1.54) is 6.33 Å². The third kappa shape index (κ3) is 3.69. The van der Waals surface area contributed by atoms with Crippen LogP contribution in [0.2, 0.25) is 0 Å². The van der Waals surface area contributed by atoms with Gasteiger partial charge in [-0.3, -0.25) is 4.79 Å². The minimum Gasteiger partial charge on any atom is -0.352 e. The van der Waals surface area contributed by atoms with Crippen molar-refractivity contribution >= 4 is 17.5 Å². The zero-order valence-corrected chi connectivity index (χ0v) is 16.5. The van der Waals surface area contributed by atoms with Gasteiger partial charge in [-0.1, -0.05) is 44.2 Å². The lowest BCUT2D eigenvalue weighted by Gasteiger charge is -2.36. The number of carbonyl (C=O) groups is 1. The molecular formula is C21H26N6O. The molecule has 1 fully saturated rings. The van der Waals surface area contributed by atoms with Crippen LogP contribution >= 0.6 is 0 Å². The van der Waals surface area contributed by atoms with E-state index in [-0.39, 0.29) is 5.91 Å². The van der Waals surface area contributed by atoms with Crippen molar-refractivity contribution in [2.24, 2.45) is 5.92 Å². The Kier molecular flexibility index (Phi) is 5.23. The minimum absolute atomic E-state index is 0.261. The van der Waals surface area contributed by atoms with Crippen LogP contribution in [0.25, 0.3) is 16.9 Å². The molecule has 0 saturated carbocycles. The topological polar surface area (TPSA) is 66.6 Å². The molecule has 0 bridgehead atoms. The van der Waals surface area contributed by atoms with E-state index >= 15 is 0 Å². The first-order valence-electron chi connectivity index (χ1n) is 9.90. The Hall–Kier alpha value is -2.96. The SMILES string of the molecule is CC(C)CCC(=O)N1CCN(c2c(-c3ccccc3)cnc3ncnn23)CC1. The largest absolute Gasteiger partial charge is 0.352 e. The average Bonchev–Trinajstić information content (AvgIpc) is 3.21. The van der Waals surface area contributed by atoms with Gasteiger partial charge >= 0.3 is 0 Å². The van der Waals surface area contributed by atoms with Crippen LogP contribution in [0.4, 0.5) is 5.82 Å². The molecule has 0 radical (unpaired) electrons. The second-order valence-electron chi connectivity index (χ2n) is 7.63. The predicted molar refractivity (Wildman–Crippen MR) is 109 cm³/mol. The highest BCUT2D eigenvalue weighted by Crippen LogP contribution is 2.30. The molecule has 28 heavy (non-hydrogen) atoms. The van der Waals surface area contributed by atoms with Gasteiger partial charge in [0.1, 0.15) is 12.1 Å². The molecule has 4 rings (SSSR count). The second kappa shape index (κ2) is 7.96. The van der Waals surface area contributed by atoms with Gasteiger partial charge in [-0.05, 0) is 17.9 Å². The summed E-state index contributed by atoms with van der Waals surface area (Å²) in [4.78, 5) is 25.4. The van der Waals surface area contributed by atoms with Gasteiger partial charge in [-0.25, -0.2) is 4.98 Å². The molecule has 146 valence electrons. The quantitative estimate of drug-likeness (QED) is 0.683. The summed E-state index contributed by atoms with van der Waals surface area (Å²) in [6, 6.07) is 10.2. The van der Waals surface area contributed by atoms with E-state index in [0.29, 0.717) is 18.1 Å². The van der Waals surface area contributed by atoms with Crippen molar-refractivity contribution < 1.29 is 4.79 Å². The van der Waals surface area contributed by atoms with Crippen molar-refractivity contribution in [2.45, 2.75) is 26.7 Å². The summed E-state index contributed by atoms with van der Waals surface area (Å²) in [5, 5.41) is 4.40. The van der Waals surface area contributed by atoms with Crippen molar-refractivity contribution in [1.29, 1.82) is 0 Å². The Morgan fingerprint density at radius 1 is 1.07 bits per heavy atom. The molecule has 7 heteroatoms. The number of hydrogen-bond acceptors (Lipinski definition) is 5. The van der Waals surface area contributed by atoms with Crippen molar-refractivity contribution in [3.05, 3.63) is 42.9 Å². The molecule has 3 aromatic rings. The maximum atomic E-state index is 12.5. The van der Waals surface area contributed by atoms with Crippen LogP contribution in [0.5, 0.6) is 0 Å². The van der Waals surface area contributed by atoms with Gasteiger partial charge < -0.3 is 9.80 Å². The number of carbonyl (C=O) groups excluding carboxylic acids is 1. The molecule has 1 aliphatic rings. The van der Waals surface area contributed by atoms with E-state index in [2.05, 4.69) is 45.9 Å². The predicted octanol–water partition coefficient (Wildman–Crippen LogP) is 2.88.